The number of hydrogen-bond acceptors (Lipinski definition) is 4. The molecule has 1 aliphatic rings. The largest absolute Gasteiger partial charge is 0.492 e. The number of nitrogens with one attached hydrogen (secondary N) is 1. The highest BCUT2D eigenvalue weighted by Gasteiger charge is 2.52. The Morgan fingerprint density at radius 2 is 2.04 bits per heavy atom. The minimum atomic E-state index is -4.63. The number of carbonyl (C=O) groups is 2. The first-order valence-corrected chi connectivity index (χ1v) is 7.83. The van der Waals surface area contributed by atoms with Crippen molar-refractivity contribution in [3.63, 3.8) is 0 Å². The molecule has 1 fully saturated rings. The average molecular weight is 378 g/mol. The fourth-order valence-electron chi connectivity index (χ4n) is 2.77. The molecular weight excluding hydrogens is 360 g/mol. The minimum Gasteiger partial charge on any atom is -0.492 e. The van der Waals surface area contributed by atoms with Gasteiger partial charge < -0.3 is 15.2 Å². The number of carboxylic acids is 1. The second kappa shape index (κ2) is 8.35. The Kier molecular flexibility index (Phi) is 6.41. The molecule has 2 atom stereocenters. The number of halogens is 4. The predicted molar refractivity (Wildman–Crippen MR) is 82.0 cm³/mol. The number of likely N-dealkylation sites (tertiary alicyclic amines) is 1. The third kappa shape index (κ3) is 5.58. The molecule has 1 heterocycles. The van der Waals surface area contributed by atoms with Gasteiger partial charge in [0.1, 0.15) is 18.2 Å². The number of hydrogen-bond donors (Lipinski definition) is 2. The molecule has 1 aromatic rings. The maximum Gasteiger partial charge on any atom is 0.393 e. The lowest BCUT2D eigenvalue weighted by molar-refractivity contribution is -0.188. The first kappa shape index (κ1) is 20.0. The molecule has 10 heteroatoms. The van der Waals surface area contributed by atoms with Gasteiger partial charge in [-0.15, -0.1) is 0 Å². The van der Waals surface area contributed by atoms with Gasteiger partial charge in [-0.3, -0.25) is 14.5 Å². The molecule has 1 amide bonds. The zero-order chi connectivity index (χ0) is 19.3. The van der Waals surface area contributed by atoms with Crippen LogP contribution in [0.1, 0.15) is 0 Å². The van der Waals surface area contributed by atoms with Crippen LogP contribution in [0.15, 0.2) is 24.3 Å². The van der Waals surface area contributed by atoms with Crippen molar-refractivity contribution in [3.05, 3.63) is 30.1 Å². The quantitative estimate of drug-likeness (QED) is 0.556. The Bertz CT molecular complexity index is 653. The minimum absolute atomic E-state index is 0.0537. The van der Waals surface area contributed by atoms with Gasteiger partial charge in [-0.05, 0) is 12.1 Å². The van der Waals surface area contributed by atoms with Gasteiger partial charge in [0.05, 0.1) is 24.9 Å². The van der Waals surface area contributed by atoms with Gasteiger partial charge in [-0.1, -0.05) is 6.07 Å². The van der Waals surface area contributed by atoms with E-state index in [2.05, 4.69) is 5.32 Å². The summed E-state index contributed by atoms with van der Waals surface area (Å²) < 4.78 is 56.8. The number of rotatable bonds is 7. The van der Waals surface area contributed by atoms with Gasteiger partial charge >= 0.3 is 12.1 Å². The Labute approximate surface area is 146 Å². The van der Waals surface area contributed by atoms with Crippen molar-refractivity contribution in [1.82, 2.24) is 10.2 Å². The highest BCUT2D eigenvalue weighted by Crippen LogP contribution is 2.37. The third-order valence-corrected chi connectivity index (χ3v) is 3.99. The van der Waals surface area contributed by atoms with E-state index in [1.807, 2.05) is 0 Å². The first-order valence-electron chi connectivity index (χ1n) is 7.83. The Balaban J connectivity index is 1.75. The maximum absolute atomic E-state index is 13.0. The molecule has 0 aliphatic carbocycles. The van der Waals surface area contributed by atoms with Crippen molar-refractivity contribution < 1.29 is 37.0 Å². The first-order chi connectivity index (χ1) is 12.2. The SMILES string of the molecule is O=C(CN1C[C@@H](C(F)(F)F)[C@H](C(=O)O)C1)NCCOc1cccc(F)c1. The van der Waals surface area contributed by atoms with Crippen LogP contribution in [0.25, 0.3) is 0 Å². The number of amides is 1. The van der Waals surface area contributed by atoms with Crippen LogP contribution >= 0.6 is 0 Å². The molecule has 0 radical (unpaired) electrons. The normalized spacial score (nSPS) is 20.8. The number of nitrogens with zero attached hydrogens (tertiary/aromatic N) is 1. The molecule has 1 saturated heterocycles. The summed E-state index contributed by atoms with van der Waals surface area (Å²) in [5.74, 6) is -5.83. The number of aliphatic carboxylic acids is 1. The van der Waals surface area contributed by atoms with Crippen LogP contribution < -0.4 is 10.1 Å². The van der Waals surface area contributed by atoms with E-state index in [4.69, 9.17) is 9.84 Å². The van der Waals surface area contributed by atoms with Gasteiger partial charge in [-0.25, -0.2) is 4.39 Å². The predicted octanol–water partition coefficient (Wildman–Crippen LogP) is 1.52. The lowest BCUT2D eigenvalue weighted by Crippen LogP contribution is -2.38. The van der Waals surface area contributed by atoms with Crippen molar-refractivity contribution in [1.29, 1.82) is 0 Å². The molecule has 26 heavy (non-hydrogen) atoms. The van der Waals surface area contributed by atoms with Gasteiger partial charge in [0.25, 0.3) is 0 Å². The summed E-state index contributed by atoms with van der Waals surface area (Å²) in [6.07, 6.45) is -4.63. The van der Waals surface area contributed by atoms with E-state index in [1.165, 1.54) is 23.1 Å². The summed E-state index contributed by atoms with van der Waals surface area (Å²) in [6.45, 7) is -1.08. The number of ether oxygens (including phenoxy) is 1. The van der Waals surface area contributed by atoms with Crippen LogP contribution in [0.4, 0.5) is 17.6 Å². The molecule has 0 spiro atoms. The lowest BCUT2D eigenvalue weighted by Gasteiger charge is -2.18. The zero-order valence-electron chi connectivity index (χ0n) is 13.6. The summed E-state index contributed by atoms with van der Waals surface area (Å²) in [5.41, 5.74) is 0. The molecule has 1 aromatic carbocycles. The molecular formula is C16H18F4N2O4. The number of carbonyl (C=O) groups excluding carboxylic acids is 1. The van der Waals surface area contributed by atoms with Gasteiger partial charge in [0.15, 0.2) is 0 Å². The van der Waals surface area contributed by atoms with E-state index in [-0.39, 0.29) is 32.0 Å². The summed E-state index contributed by atoms with van der Waals surface area (Å²) in [6, 6.07) is 5.43. The van der Waals surface area contributed by atoms with E-state index in [0.717, 1.165) is 0 Å². The third-order valence-electron chi connectivity index (χ3n) is 3.99. The van der Waals surface area contributed by atoms with Crippen molar-refractivity contribution in [2.24, 2.45) is 11.8 Å². The summed E-state index contributed by atoms with van der Waals surface area (Å²) in [7, 11) is 0. The zero-order valence-corrected chi connectivity index (χ0v) is 13.6. The monoisotopic (exact) mass is 378 g/mol. The summed E-state index contributed by atoms with van der Waals surface area (Å²) >= 11 is 0. The van der Waals surface area contributed by atoms with E-state index in [9.17, 15) is 27.2 Å². The van der Waals surface area contributed by atoms with E-state index >= 15 is 0 Å². The second-order valence-electron chi connectivity index (χ2n) is 5.94. The van der Waals surface area contributed by atoms with Crippen molar-refractivity contribution in [2.45, 2.75) is 6.18 Å². The van der Waals surface area contributed by atoms with E-state index < -0.39 is 42.3 Å². The Hall–Kier alpha value is -2.36. The average Bonchev–Trinajstić information content (AvgIpc) is 2.96. The van der Waals surface area contributed by atoms with Crippen molar-refractivity contribution in [2.75, 3.05) is 32.8 Å². The molecule has 0 aromatic heterocycles. The smallest absolute Gasteiger partial charge is 0.393 e. The lowest BCUT2D eigenvalue weighted by atomic mass is 9.96. The van der Waals surface area contributed by atoms with Crippen LogP contribution in [0.2, 0.25) is 0 Å². The fourth-order valence-corrected chi connectivity index (χ4v) is 2.77. The molecule has 144 valence electrons. The Morgan fingerprint density at radius 1 is 1.31 bits per heavy atom. The van der Waals surface area contributed by atoms with Crippen LogP contribution in [-0.4, -0.2) is 60.8 Å². The topological polar surface area (TPSA) is 78.9 Å². The van der Waals surface area contributed by atoms with Crippen molar-refractivity contribution >= 4 is 11.9 Å². The number of benzene rings is 1. The van der Waals surface area contributed by atoms with Crippen LogP contribution in [-0.2, 0) is 9.59 Å². The molecule has 1 aliphatic heterocycles. The highest BCUT2D eigenvalue weighted by molar-refractivity contribution is 5.78. The summed E-state index contributed by atoms with van der Waals surface area (Å²) in [5, 5.41) is 11.4. The van der Waals surface area contributed by atoms with E-state index in [1.54, 1.807) is 6.07 Å². The standard InChI is InChI=1S/C16H18F4N2O4/c17-10-2-1-3-11(6-10)26-5-4-21-14(23)9-22-7-12(15(24)25)13(8-22)16(18,19)20/h1-3,6,12-13H,4-5,7-9H2,(H,21,23)(H,24,25)/t12-,13-/m1/s1. The molecule has 2 rings (SSSR count). The fraction of sp³-hybridized carbons (Fsp3) is 0.500. The van der Waals surface area contributed by atoms with E-state index in [0.29, 0.717) is 0 Å². The van der Waals surface area contributed by atoms with Crippen molar-refractivity contribution in [3.8, 4) is 5.75 Å². The molecule has 0 saturated carbocycles. The Morgan fingerprint density at radius 3 is 2.62 bits per heavy atom. The van der Waals surface area contributed by atoms with Gasteiger partial charge in [-0.2, -0.15) is 13.2 Å². The van der Waals surface area contributed by atoms with Crippen LogP contribution in [0, 0.1) is 17.7 Å². The van der Waals surface area contributed by atoms with Gasteiger partial charge in [0, 0.05) is 19.2 Å². The molecule has 0 bridgehead atoms. The van der Waals surface area contributed by atoms with Gasteiger partial charge in [0.2, 0.25) is 5.91 Å². The number of alkyl halides is 3. The van der Waals surface area contributed by atoms with Crippen LogP contribution in [0.5, 0.6) is 5.75 Å². The molecule has 6 nitrogen and oxygen atoms in total. The second-order valence-corrected chi connectivity index (χ2v) is 5.94. The highest BCUT2D eigenvalue weighted by atomic mass is 19.4. The van der Waals surface area contributed by atoms with Crippen LogP contribution in [0.3, 0.4) is 0 Å². The summed E-state index contributed by atoms with van der Waals surface area (Å²) in [4.78, 5) is 24.0. The number of carboxylic acid groups (broad SMARTS) is 1. The molecule has 0 unspecified atom stereocenters. The maximum atomic E-state index is 13.0. The molecule has 2 N–H and O–H groups in total.